The molecule has 1 aromatic carbocycles. The Morgan fingerprint density at radius 3 is 2.89 bits per heavy atom. The zero-order valence-corrected chi connectivity index (χ0v) is 16.5. The molecule has 1 saturated heterocycles. The summed E-state index contributed by atoms with van der Waals surface area (Å²) in [7, 11) is 0. The van der Waals surface area contributed by atoms with E-state index in [1.165, 1.54) is 0 Å². The summed E-state index contributed by atoms with van der Waals surface area (Å²) in [5.41, 5.74) is 1.84. The van der Waals surface area contributed by atoms with Crippen molar-refractivity contribution in [1.82, 2.24) is 14.9 Å². The Bertz CT molecular complexity index is 944. The van der Waals surface area contributed by atoms with Crippen molar-refractivity contribution < 1.29 is 9.53 Å². The summed E-state index contributed by atoms with van der Waals surface area (Å²) >= 11 is 1.58. The zero-order valence-electron chi connectivity index (χ0n) is 15.7. The number of rotatable bonds is 5. The highest BCUT2D eigenvalue weighted by atomic mass is 32.1. The number of nitrogens with one attached hydrogen (secondary N) is 1. The number of pyridine rings is 1. The lowest BCUT2D eigenvalue weighted by Gasteiger charge is -2.33. The van der Waals surface area contributed by atoms with Crippen LogP contribution in [-0.2, 0) is 16.0 Å². The number of anilines is 2. The van der Waals surface area contributed by atoms with Gasteiger partial charge in [0.15, 0.2) is 5.13 Å². The Hall–Kier alpha value is -2.77. The van der Waals surface area contributed by atoms with Gasteiger partial charge < -0.3 is 15.0 Å². The minimum atomic E-state index is -0.228. The van der Waals surface area contributed by atoms with E-state index in [1.54, 1.807) is 11.3 Å². The molecule has 0 saturated carbocycles. The molecule has 3 aromatic rings. The van der Waals surface area contributed by atoms with Crippen molar-refractivity contribution >= 4 is 28.2 Å². The number of morpholine rings is 1. The van der Waals surface area contributed by atoms with E-state index in [4.69, 9.17) is 4.74 Å². The molecule has 3 heterocycles. The molecule has 4 rings (SSSR count). The van der Waals surface area contributed by atoms with Crippen molar-refractivity contribution in [1.29, 1.82) is 0 Å². The number of benzene rings is 1. The number of hydrogen-bond donors (Lipinski definition) is 1. The molecule has 0 aliphatic carbocycles. The molecule has 6 nitrogen and oxygen atoms in total. The molecular formula is C21H22N4O2S. The molecule has 28 heavy (non-hydrogen) atoms. The van der Waals surface area contributed by atoms with E-state index in [0.717, 1.165) is 27.1 Å². The second-order valence-electron chi connectivity index (χ2n) is 6.71. The van der Waals surface area contributed by atoms with Crippen molar-refractivity contribution in [3.8, 4) is 0 Å². The lowest BCUT2D eigenvalue weighted by Crippen LogP contribution is -2.43. The van der Waals surface area contributed by atoms with Crippen LogP contribution in [0, 0.1) is 6.92 Å². The van der Waals surface area contributed by atoms with Crippen molar-refractivity contribution in [3.05, 3.63) is 70.9 Å². The molecule has 7 heteroatoms. The number of ether oxygens (including phenoxy) is 1. The molecule has 1 aliphatic rings. The fourth-order valence-electron chi connectivity index (χ4n) is 3.16. The van der Waals surface area contributed by atoms with Crippen molar-refractivity contribution in [2.75, 3.05) is 25.0 Å². The highest BCUT2D eigenvalue weighted by molar-refractivity contribution is 7.15. The maximum absolute atomic E-state index is 12.7. The normalized spacial score (nSPS) is 16.8. The summed E-state index contributed by atoms with van der Waals surface area (Å²) in [6.07, 6.45) is 2.01. The van der Waals surface area contributed by atoms with Crippen molar-refractivity contribution in [2.45, 2.75) is 19.4 Å². The van der Waals surface area contributed by atoms with E-state index in [-0.39, 0.29) is 12.0 Å². The number of thiazole rings is 1. The van der Waals surface area contributed by atoms with Gasteiger partial charge in [-0.2, -0.15) is 0 Å². The fourth-order valence-corrected chi connectivity index (χ4v) is 3.83. The first-order chi connectivity index (χ1) is 13.7. The Morgan fingerprint density at radius 2 is 2.11 bits per heavy atom. The topological polar surface area (TPSA) is 67.4 Å². The third kappa shape index (κ3) is 4.55. The van der Waals surface area contributed by atoms with E-state index in [0.29, 0.717) is 26.1 Å². The zero-order chi connectivity index (χ0) is 19.3. The van der Waals surface area contributed by atoms with Crippen LogP contribution < -0.4 is 5.32 Å². The first-order valence-electron chi connectivity index (χ1n) is 9.27. The Morgan fingerprint density at radius 1 is 1.25 bits per heavy atom. The molecule has 0 bridgehead atoms. The molecule has 2 aromatic heterocycles. The van der Waals surface area contributed by atoms with Crippen LogP contribution in [0.25, 0.3) is 0 Å². The molecule has 1 atom stereocenters. The van der Waals surface area contributed by atoms with Gasteiger partial charge in [-0.05, 0) is 24.6 Å². The van der Waals surface area contributed by atoms with Gasteiger partial charge in [0.25, 0.3) is 0 Å². The van der Waals surface area contributed by atoms with E-state index < -0.39 is 0 Å². The average Bonchev–Trinajstić information content (AvgIpc) is 3.13. The first-order valence-corrected chi connectivity index (χ1v) is 10.1. The van der Waals surface area contributed by atoms with Gasteiger partial charge in [-0.25, -0.2) is 9.97 Å². The summed E-state index contributed by atoms with van der Waals surface area (Å²) in [6.45, 7) is 3.65. The molecule has 0 radical (unpaired) electrons. The molecule has 144 valence electrons. The van der Waals surface area contributed by atoms with Gasteiger partial charge in [0.2, 0.25) is 5.91 Å². The fraction of sp³-hybridized carbons (Fsp3) is 0.286. The summed E-state index contributed by atoms with van der Waals surface area (Å²) in [5.74, 6) is 0.843. The van der Waals surface area contributed by atoms with Crippen LogP contribution in [0.1, 0.15) is 22.2 Å². The molecule has 1 fully saturated rings. The van der Waals surface area contributed by atoms with Crippen molar-refractivity contribution in [3.63, 3.8) is 0 Å². The molecule has 1 aliphatic heterocycles. The summed E-state index contributed by atoms with van der Waals surface area (Å²) < 4.78 is 5.91. The second kappa shape index (κ2) is 8.50. The SMILES string of the molecule is Cc1cnc(Nc2cccc(C3CN(C(=O)Cc4ccccc4)CCO3)n2)s1. The van der Waals surface area contributed by atoms with Gasteiger partial charge in [0, 0.05) is 17.6 Å². The van der Waals surface area contributed by atoms with Gasteiger partial charge >= 0.3 is 0 Å². The van der Waals surface area contributed by atoms with Gasteiger partial charge in [-0.15, -0.1) is 11.3 Å². The van der Waals surface area contributed by atoms with Crippen LogP contribution in [0.4, 0.5) is 10.9 Å². The summed E-state index contributed by atoms with van der Waals surface area (Å²) in [6, 6.07) is 15.6. The molecular weight excluding hydrogens is 372 g/mol. The second-order valence-corrected chi connectivity index (χ2v) is 7.95. The monoisotopic (exact) mass is 394 g/mol. The Labute approximate surface area is 168 Å². The lowest BCUT2D eigenvalue weighted by molar-refractivity contribution is -0.138. The van der Waals surface area contributed by atoms with Gasteiger partial charge in [-0.1, -0.05) is 36.4 Å². The number of nitrogens with zero attached hydrogens (tertiary/aromatic N) is 3. The van der Waals surface area contributed by atoms with Crippen LogP contribution in [0.2, 0.25) is 0 Å². The number of carbonyl (C=O) groups excluding carboxylic acids is 1. The minimum absolute atomic E-state index is 0.118. The van der Waals surface area contributed by atoms with E-state index in [1.807, 2.05) is 66.6 Å². The standard InChI is InChI=1S/C21H22N4O2S/c1-15-13-22-21(28-15)24-19-9-5-8-17(23-19)18-14-25(10-11-27-18)20(26)12-16-6-3-2-4-7-16/h2-9,13,18H,10-12,14H2,1H3,(H,22,23,24). The molecule has 1 N–H and O–H groups in total. The maximum atomic E-state index is 12.7. The highest BCUT2D eigenvalue weighted by Gasteiger charge is 2.26. The quantitative estimate of drug-likeness (QED) is 0.714. The summed E-state index contributed by atoms with van der Waals surface area (Å²) in [4.78, 5) is 24.7. The van der Waals surface area contributed by atoms with Crippen molar-refractivity contribution in [2.24, 2.45) is 0 Å². The smallest absolute Gasteiger partial charge is 0.227 e. The first kappa shape index (κ1) is 18.6. The Kier molecular flexibility index (Phi) is 5.64. The van der Waals surface area contributed by atoms with Gasteiger partial charge in [0.1, 0.15) is 11.9 Å². The number of aromatic nitrogens is 2. The van der Waals surface area contributed by atoms with E-state index in [2.05, 4.69) is 15.3 Å². The Balaban J connectivity index is 1.42. The van der Waals surface area contributed by atoms with E-state index >= 15 is 0 Å². The predicted octanol–water partition coefficient (Wildman–Crippen LogP) is 3.73. The van der Waals surface area contributed by atoms with Crippen LogP contribution in [0.5, 0.6) is 0 Å². The van der Waals surface area contributed by atoms with Crippen LogP contribution in [0.3, 0.4) is 0 Å². The molecule has 1 amide bonds. The predicted molar refractivity (Wildman–Crippen MR) is 110 cm³/mol. The summed E-state index contributed by atoms with van der Waals surface area (Å²) in [5, 5.41) is 4.04. The number of amides is 1. The van der Waals surface area contributed by atoms with Crippen LogP contribution in [-0.4, -0.2) is 40.5 Å². The van der Waals surface area contributed by atoms with Gasteiger partial charge in [-0.3, -0.25) is 4.79 Å². The molecule has 1 unspecified atom stereocenters. The van der Waals surface area contributed by atoms with Crippen LogP contribution >= 0.6 is 11.3 Å². The maximum Gasteiger partial charge on any atom is 0.227 e. The van der Waals surface area contributed by atoms with Gasteiger partial charge in [0.05, 0.1) is 25.3 Å². The van der Waals surface area contributed by atoms with E-state index in [9.17, 15) is 4.79 Å². The average molecular weight is 395 g/mol. The number of carbonyl (C=O) groups is 1. The third-order valence-corrected chi connectivity index (χ3v) is 5.40. The lowest BCUT2D eigenvalue weighted by atomic mass is 10.1. The number of aryl methyl sites for hydroxylation is 1. The highest BCUT2D eigenvalue weighted by Crippen LogP contribution is 2.25. The number of hydrogen-bond acceptors (Lipinski definition) is 6. The third-order valence-electron chi connectivity index (χ3n) is 4.57. The molecule has 0 spiro atoms. The van der Waals surface area contributed by atoms with Crippen LogP contribution in [0.15, 0.2) is 54.7 Å². The minimum Gasteiger partial charge on any atom is -0.368 e. The largest absolute Gasteiger partial charge is 0.368 e.